The lowest BCUT2D eigenvalue weighted by Crippen LogP contribution is -2.04. The van der Waals surface area contributed by atoms with E-state index >= 15 is 0 Å². The number of fused-ring (bicyclic) bond motifs is 12. The highest BCUT2D eigenvalue weighted by Gasteiger charge is 2.25. The van der Waals surface area contributed by atoms with Gasteiger partial charge in [-0.3, -0.25) is 9.13 Å². The molecule has 0 fully saturated rings. The van der Waals surface area contributed by atoms with Crippen LogP contribution >= 0.6 is 11.3 Å². The highest BCUT2D eigenvalue weighted by Crippen LogP contribution is 2.44. The van der Waals surface area contributed by atoms with Crippen LogP contribution in [0.5, 0.6) is 0 Å². The van der Waals surface area contributed by atoms with Crippen LogP contribution in [-0.4, -0.2) is 29.1 Å². The van der Waals surface area contributed by atoms with Crippen molar-refractivity contribution in [1.82, 2.24) is 29.1 Å². The second kappa shape index (κ2) is 12.4. The SMILES string of the molecule is c1ccc(-c2nc(-n3c4ccccc4c4ccc5c(c6ccccc6n5-c5nc(-c6cccc7ccccc67)c6sc7ccccc7c6n5)c43)nc3ccccc23)cc1. The summed E-state index contributed by atoms with van der Waals surface area (Å²) in [5.41, 5.74) is 9.94. The zero-order valence-corrected chi connectivity index (χ0v) is 32.2. The van der Waals surface area contributed by atoms with Crippen molar-refractivity contribution >= 4 is 96.9 Å². The lowest BCUT2D eigenvalue weighted by molar-refractivity contribution is 1.01. The molecule has 0 bridgehead atoms. The van der Waals surface area contributed by atoms with Crippen LogP contribution in [0.15, 0.2) is 182 Å². The minimum Gasteiger partial charge on any atom is -0.278 e. The van der Waals surface area contributed by atoms with E-state index in [4.69, 9.17) is 19.9 Å². The van der Waals surface area contributed by atoms with Crippen molar-refractivity contribution < 1.29 is 0 Å². The van der Waals surface area contributed by atoms with E-state index in [2.05, 4.69) is 179 Å². The van der Waals surface area contributed by atoms with Gasteiger partial charge in [0.2, 0.25) is 11.9 Å². The van der Waals surface area contributed by atoms with E-state index in [1.807, 2.05) is 12.1 Å². The van der Waals surface area contributed by atoms with Crippen LogP contribution in [0.2, 0.25) is 0 Å². The van der Waals surface area contributed by atoms with E-state index in [1.54, 1.807) is 11.3 Å². The summed E-state index contributed by atoms with van der Waals surface area (Å²) < 4.78 is 6.79. The molecule has 0 amide bonds. The normalized spacial score (nSPS) is 12.1. The van der Waals surface area contributed by atoms with Gasteiger partial charge in [-0.15, -0.1) is 11.3 Å². The number of rotatable bonds is 4. The Morgan fingerprint density at radius 2 is 1.03 bits per heavy atom. The molecule has 0 saturated carbocycles. The quantitative estimate of drug-likeness (QED) is 0.179. The zero-order valence-electron chi connectivity index (χ0n) is 31.4. The standard InChI is InChI=1S/C52H30N6S/c1-2-16-32(17-3-1)46-37-21-6-10-25-40(37)53-51(54-46)58-41-26-11-7-20-34(41)36-29-30-43-45(49(36)58)38-22-8-12-27-42(38)57(43)52-55-47(35-24-14-18-31-15-4-5-19-33(31)35)50-48(56-52)39-23-9-13-28-44(39)59-50/h1-30H. The van der Waals surface area contributed by atoms with Crippen molar-refractivity contribution in [3.63, 3.8) is 0 Å². The lowest BCUT2D eigenvalue weighted by Gasteiger charge is -2.13. The third kappa shape index (κ3) is 4.67. The Morgan fingerprint density at radius 1 is 0.390 bits per heavy atom. The molecule has 5 aromatic heterocycles. The molecule has 0 atom stereocenters. The van der Waals surface area contributed by atoms with Gasteiger partial charge in [-0.25, -0.2) is 19.9 Å². The average molecular weight is 771 g/mol. The molecule has 5 heterocycles. The van der Waals surface area contributed by atoms with E-state index in [0.717, 1.165) is 98.0 Å². The Labute approximate surface area is 340 Å². The van der Waals surface area contributed by atoms with E-state index in [1.165, 1.54) is 10.1 Å². The molecule has 0 aliphatic heterocycles. The van der Waals surface area contributed by atoms with Crippen LogP contribution < -0.4 is 0 Å². The first kappa shape index (κ1) is 32.4. The molecule has 274 valence electrons. The molecule has 6 nitrogen and oxygen atoms in total. The number of hydrogen-bond acceptors (Lipinski definition) is 5. The summed E-state index contributed by atoms with van der Waals surface area (Å²) in [4.78, 5) is 21.8. The number of benzene rings is 8. The summed E-state index contributed by atoms with van der Waals surface area (Å²) >= 11 is 1.76. The van der Waals surface area contributed by atoms with Gasteiger partial charge < -0.3 is 0 Å². The Balaban J connectivity index is 1.17. The minimum absolute atomic E-state index is 0.624. The molecule has 8 aromatic carbocycles. The van der Waals surface area contributed by atoms with Crippen LogP contribution in [0.1, 0.15) is 0 Å². The molecule has 0 aliphatic carbocycles. The van der Waals surface area contributed by atoms with Crippen LogP contribution in [0.3, 0.4) is 0 Å². The number of para-hydroxylation sites is 3. The predicted molar refractivity (Wildman–Crippen MR) is 245 cm³/mol. The first-order valence-corrected chi connectivity index (χ1v) is 20.6. The maximum atomic E-state index is 5.57. The van der Waals surface area contributed by atoms with Gasteiger partial charge in [-0.1, -0.05) is 152 Å². The molecule has 0 aliphatic rings. The second-order valence-electron chi connectivity index (χ2n) is 15.0. The number of thiophene rings is 1. The largest absolute Gasteiger partial charge is 0.278 e. The zero-order chi connectivity index (χ0) is 38.6. The molecule has 59 heavy (non-hydrogen) atoms. The molecule has 7 heteroatoms. The molecular weight excluding hydrogens is 741 g/mol. The summed E-state index contributed by atoms with van der Waals surface area (Å²) in [6, 6.07) is 64.0. The Bertz CT molecular complexity index is 3850. The fraction of sp³-hybridized carbons (Fsp3) is 0. The predicted octanol–water partition coefficient (Wildman–Crippen LogP) is 13.5. The monoisotopic (exact) mass is 770 g/mol. The fourth-order valence-corrected chi connectivity index (χ4v) is 10.4. The van der Waals surface area contributed by atoms with Gasteiger partial charge in [-0.2, -0.15) is 0 Å². The molecule has 0 unspecified atom stereocenters. The minimum atomic E-state index is 0.624. The molecule has 0 saturated heterocycles. The third-order valence-electron chi connectivity index (χ3n) is 11.8. The van der Waals surface area contributed by atoms with Crippen molar-refractivity contribution in [1.29, 1.82) is 0 Å². The van der Waals surface area contributed by atoms with Gasteiger partial charge in [-0.05, 0) is 41.1 Å². The highest BCUT2D eigenvalue weighted by atomic mass is 32.1. The van der Waals surface area contributed by atoms with Crippen molar-refractivity contribution in [2.24, 2.45) is 0 Å². The Hall–Kier alpha value is -7.74. The summed E-state index contributed by atoms with van der Waals surface area (Å²) in [6.45, 7) is 0. The van der Waals surface area contributed by atoms with Crippen LogP contribution in [-0.2, 0) is 0 Å². The van der Waals surface area contributed by atoms with Crippen LogP contribution in [0.4, 0.5) is 0 Å². The summed E-state index contributed by atoms with van der Waals surface area (Å²) in [5.74, 6) is 1.25. The summed E-state index contributed by atoms with van der Waals surface area (Å²) in [7, 11) is 0. The van der Waals surface area contributed by atoms with Gasteiger partial charge in [0.05, 0.1) is 49.2 Å². The van der Waals surface area contributed by atoms with E-state index in [0.29, 0.717) is 11.9 Å². The lowest BCUT2D eigenvalue weighted by atomic mass is 10.0. The average Bonchev–Trinajstić information content (AvgIpc) is 3.96. The molecule has 13 rings (SSSR count). The van der Waals surface area contributed by atoms with E-state index in [-0.39, 0.29) is 0 Å². The molecule has 0 radical (unpaired) electrons. The Morgan fingerprint density at radius 3 is 1.90 bits per heavy atom. The second-order valence-corrected chi connectivity index (χ2v) is 16.0. The molecular formula is C52H30N6S. The van der Waals surface area contributed by atoms with Gasteiger partial charge in [0.15, 0.2) is 0 Å². The van der Waals surface area contributed by atoms with Gasteiger partial charge in [0, 0.05) is 48.1 Å². The van der Waals surface area contributed by atoms with E-state index in [9.17, 15) is 0 Å². The number of nitrogens with zero attached hydrogens (tertiary/aromatic N) is 6. The van der Waals surface area contributed by atoms with Crippen molar-refractivity contribution in [2.45, 2.75) is 0 Å². The van der Waals surface area contributed by atoms with Gasteiger partial charge in [0.1, 0.15) is 0 Å². The Kier molecular flexibility index (Phi) is 6.79. The third-order valence-corrected chi connectivity index (χ3v) is 12.9. The molecule has 0 N–H and O–H groups in total. The van der Waals surface area contributed by atoms with Crippen LogP contribution in [0.25, 0.3) is 120 Å². The molecule has 0 spiro atoms. The van der Waals surface area contributed by atoms with Crippen LogP contribution in [0, 0.1) is 0 Å². The van der Waals surface area contributed by atoms with Crippen molar-refractivity contribution in [3.05, 3.63) is 182 Å². The summed E-state index contributed by atoms with van der Waals surface area (Å²) in [6.07, 6.45) is 0. The van der Waals surface area contributed by atoms with Crippen molar-refractivity contribution in [2.75, 3.05) is 0 Å². The topological polar surface area (TPSA) is 61.4 Å². The van der Waals surface area contributed by atoms with Crippen molar-refractivity contribution in [3.8, 4) is 34.4 Å². The fourth-order valence-electron chi connectivity index (χ4n) is 9.21. The highest BCUT2D eigenvalue weighted by molar-refractivity contribution is 7.26. The first-order valence-electron chi connectivity index (χ1n) is 19.7. The summed E-state index contributed by atoms with van der Waals surface area (Å²) in [5, 5.41) is 8.95. The van der Waals surface area contributed by atoms with Gasteiger partial charge in [0.25, 0.3) is 0 Å². The smallest absolute Gasteiger partial charge is 0.235 e. The number of hydrogen-bond donors (Lipinski definition) is 0. The van der Waals surface area contributed by atoms with Gasteiger partial charge >= 0.3 is 0 Å². The maximum absolute atomic E-state index is 5.57. The number of aromatic nitrogens is 6. The van der Waals surface area contributed by atoms with E-state index < -0.39 is 0 Å². The molecule has 13 aromatic rings. The first-order chi connectivity index (χ1) is 29.3. The maximum Gasteiger partial charge on any atom is 0.235 e.